The molecule has 0 fully saturated rings. The number of nitrogens with zero attached hydrogens (tertiary/aromatic N) is 2. The summed E-state index contributed by atoms with van der Waals surface area (Å²) in [6.45, 7) is 1.68. The molecule has 0 bridgehead atoms. The first-order chi connectivity index (χ1) is 12.4. The molecule has 2 aromatic carbocycles. The Labute approximate surface area is 157 Å². The second kappa shape index (κ2) is 7.39. The van der Waals surface area contributed by atoms with Crippen molar-refractivity contribution in [2.45, 2.75) is 13.5 Å². The van der Waals surface area contributed by atoms with E-state index in [4.69, 9.17) is 16.3 Å². The predicted molar refractivity (Wildman–Crippen MR) is 97.9 cm³/mol. The summed E-state index contributed by atoms with van der Waals surface area (Å²) in [6, 6.07) is 9.13. The molecule has 0 atom stereocenters. The Bertz CT molecular complexity index is 1090. The number of aromatic nitrogens is 1. The molecule has 0 saturated carbocycles. The Morgan fingerprint density at radius 1 is 1.27 bits per heavy atom. The number of fused-ring (bicyclic) bond motifs is 1. The minimum atomic E-state index is -0.725. The lowest BCUT2D eigenvalue weighted by Gasteiger charge is -2.07. The minimum Gasteiger partial charge on any atom is -0.468 e. The van der Waals surface area contributed by atoms with Gasteiger partial charge in [0.15, 0.2) is 4.80 Å². The van der Waals surface area contributed by atoms with E-state index in [-0.39, 0.29) is 16.9 Å². The molecule has 0 aliphatic carbocycles. The van der Waals surface area contributed by atoms with Gasteiger partial charge in [0.25, 0.3) is 5.91 Å². The number of hydrogen-bond donors (Lipinski definition) is 0. The molecule has 0 aliphatic rings. The van der Waals surface area contributed by atoms with Gasteiger partial charge in [0.05, 0.1) is 22.9 Å². The molecule has 8 heteroatoms. The Hall–Kier alpha value is -2.51. The van der Waals surface area contributed by atoms with Gasteiger partial charge in [-0.1, -0.05) is 35.1 Å². The van der Waals surface area contributed by atoms with E-state index in [1.807, 2.05) is 6.92 Å². The molecular formula is C18H14ClFN2O3S. The summed E-state index contributed by atoms with van der Waals surface area (Å²) in [4.78, 5) is 28.5. The van der Waals surface area contributed by atoms with Crippen LogP contribution in [-0.4, -0.2) is 23.6 Å². The fraction of sp³-hybridized carbons (Fsp3) is 0.167. The van der Waals surface area contributed by atoms with Crippen molar-refractivity contribution in [1.82, 2.24) is 4.57 Å². The van der Waals surface area contributed by atoms with Gasteiger partial charge in [0, 0.05) is 5.02 Å². The summed E-state index contributed by atoms with van der Waals surface area (Å²) in [5, 5.41) is 0.529. The molecule has 134 valence electrons. The molecule has 1 amide bonds. The SMILES string of the molecule is COC(=O)Cn1c(=NC(=O)c2ccccc2F)sc2ccc(Cl)c(C)c21. The highest BCUT2D eigenvalue weighted by Crippen LogP contribution is 2.27. The number of methoxy groups -OCH3 is 1. The molecule has 0 aliphatic heterocycles. The van der Waals surface area contributed by atoms with Crippen LogP contribution in [-0.2, 0) is 16.1 Å². The van der Waals surface area contributed by atoms with E-state index in [0.717, 1.165) is 10.3 Å². The molecule has 3 aromatic rings. The lowest BCUT2D eigenvalue weighted by molar-refractivity contribution is -0.141. The summed E-state index contributed by atoms with van der Waals surface area (Å²) in [5.74, 6) is -1.87. The van der Waals surface area contributed by atoms with Crippen LogP contribution in [0.5, 0.6) is 0 Å². The molecule has 0 spiro atoms. The summed E-state index contributed by atoms with van der Waals surface area (Å²) in [6.07, 6.45) is 0. The number of thiazole rings is 1. The number of aryl methyl sites for hydroxylation is 1. The fourth-order valence-corrected chi connectivity index (χ4v) is 3.76. The van der Waals surface area contributed by atoms with Crippen molar-refractivity contribution < 1.29 is 18.7 Å². The fourth-order valence-electron chi connectivity index (χ4n) is 2.52. The molecular weight excluding hydrogens is 379 g/mol. The summed E-state index contributed by atoms with van der Waals surface area (Å²) in [7, 11) is 1.28. The zero-order valence-corrected chi connectivity index (χ0v) is 15.5. The van der Waals surface area contributed by atoms with Crippen molar-refractivity contribution in [3.63, 3.8) is 0 Å². The highest BCUT2D eigenvalue weighted by Gasteiger charge is 2.16. The highest BCUT2D eigenvalue weighted by atomic mass is 35.5. The van der Waals surface area contributed by atoms with Crippen LogP contribution in [0.2, 0.25) is 5.02 Å². The number of benzene rings is 2. The van der Waals surface area contributed by atoms with Gasteiger partial charge in [0.2, 0.25) is 0 Å². The quantitative estimate of drug-likeness (QED) is 0.638. The topological polar surface area (TPSA) is 60.7 Å². The van der Waals surface area contributed by atoms with Crippen LogP contribution in [0.25, 0.3) is 10.2 Å². The third-order valence-corrected chi connectivity index (χ3v) is 5.30. The van der Waals surface area contributed by atoms with E-state index in [2.05, 4.69) is 4.99 Å². The first kappa shape index (κ1) is 18.3. The molecule has 0 radical (unpaired) electrons. The highest BCUT2D eigenvalue weighted by molar-refractivity contribution is 7.16. The van der Waals surface area contributed by atoms with Crippen molar-refractivity contribution in [2.24, 2.45) is 4.99 Å². The second-order valence-electron chi connectivity index (χ2n) is 5.46. The van der Waals surface area contributed by atoms with Gasteiger partial charge in [-0.15, -0.1) is 0 Å². The predicted octanol–water partition coefficient (Wildman–Crippen LogP) is 3.72. The zero-order chi connectivity index (χ0) is 18.8. The summed E-state index contributed by atoms with van der Waals surface area (Å²) < 4.78 is 20.9. The molecule has 5 nitrogen and oxygen atoms in total. The second-order valence-corrected chi connectivity index (χ2v) is 6.88. The maximum atomic E-state index is 13.9. The van der Waals surface area contributed by atoms with Crippen molar-refractivity contribution in [3.8, 4) is 0 Å². The largest absolute Gasteiger partial charge is 0.468 e. The number of esters is 1. The van der Waals surface area contributed by atoms with Gasteiger partial charge in [0.1, 0.15) is 12.4 Å². The van der Waals surface area contributed by atoms with E-state index in [1.165, 1.54) is 36.6 Å². The zero-order valence-electron chi connectivity index (χ0n) is 14.0. The number of halogens is 2. The van der Waals surface area contributed by atoms with E-state index < -0.39 is 17.7 Å². The average molecular weight is 393 g/mol. The van der Waals surface area contributed by atoms with Crippen molar-refractivity contribution in [3.05, 3.63) is 63.2 Å². The third kappa shape index (κ3) is 3.40. The van der Waals surface area contributed by atoms with Crippen LogP contribution in [0.15, 0.2) is 41.4 Å². The monoisotopic (exact) mass is 392 g/mol. The lowest BCUT2D eigenvalue weighted by Crippen LogP contribution is -2.23. The Kier molecular flexibility index (Phi) is 5.20. The summed E-state index contributed by atoms with van der Waals surface area (Å²) >= 11 is 7.40. The molecule has 3 rings (SSSR count). The van der Waals surface area contributed by atoms with E-state index >= 15 is 0 Å². The maximum absolute atomic E-state index is 13.9. The number of amides is 1. The molecule has 1 heterocycles. The molecule has 0 N–H and O–H groups in total. The van der Waals surface area contributed by atoms with Crippen LogP contribution in [0, 0.1) is 12.7 Å². The van der Waals surface area contributed by atoms with Crippen LogP contribution < -0.4 is 4.80 Å². The van der Waals surface area contributed by atoms with Crippen molar-refractivity contribution in [2.75, 3.05) is 7.11 Å². The maximum Gasteiger partial charge on any atom is 0.325 e. The van der Waals surface area contributed by atoms with Gasteiger partial charge in [-0.25, -0.2) is 4.39 Å². The van der Waals surface area contributed by atoms with Crippen molar-refractivity contribution in [1.29, 1.82) is 0 Å². The van der Waals surface area contributed by atoms with Crippen LogP contribution in [0.1, 0.15) is 15.9 Å². The minimum absolute atomic E-state index is 0.135. The number of carbonyl (C=O) groups is 2. The normalized spacial score (nSPS) is 11.8. The standard InChI is InChI=1S/C18H14ClFN2O3S/c1-10-12(19)7-8-14-16(10)22(9-15(23)25-2)18(26-14)21-17(24)11-5-3-4-6-13(11)20/h3-8H,9H2,1-2H3. The van der Waals surface area contributed by atoms with Gasteiger partial charge in [-0.2, -0.15) is 4.99 Å². The van der Waals surface area contributed by atoms with Gasteiger partial charge >= 0.3 is 5.97 Å². The number of ether oxygens (including phenoxy) is 1. The van der Waals surface area contributed by atoms with E-state index in [0.29, 0.717) is 10.5 Å². The van der Waals surface area contributed by atoms with Gasteiger partial charge < -0.3 is 9.30 Å². The van der Waals surface area contributed by atoms with E-state index in [1.54, 1.807) is 22.8 Å². The van der Waals surface area contributed by atoms with Crippen LogP contribution >= 0.6 is 22.9 Å². The average Bonchev–Trinajstić information content (AvgIpc) is 2.96. The third-order valence-electron chi connectivity index (χ3n) is 3.85. The molecule has 0 saturated heterocycles. The lowest BCUT2D eigenvalue weighted by atomic mass is 10.2. The Morgan fingerprint density at radius 2 is 2.00 bits per heavy atom. The first-order valence-corrected chi connectivity index (χ1v) is 8.80. The van der Waals surface area contributed by atoms with Crippen LogP contribution in [0.4, 0.5) is 4.39 Å². The van der Waals surface area contributed by atoms with Gasteiger partial charge in [-0.05, 0) is 36.8 Å². The molecule has 1 aromatic heterocycles. The number of hydrogen-bond acceptors (Lipinski definition) is 4. The smallest absolute Gasteiger partial charge is 0.325 e. The van der Waals surface area contributed by atoms with Gasteiger partial charge in [-0.3, -0.25) is 9.59 Å². The number of rotatable bonds is 3. The Morgan fingerprint density at radius 3 is 2.69 bits per heavy atom. The number of carbonyl (C=O) groups excluding carboxylic acids is 2. The summed E-state index contributed by atoms with van der Waals surface area (Å²) in [5.41, 5.74) is 1.31. The first-order valence-electron chi connectivity index (χ1n) is 7.61. The molecule has 0 unspecified atom stereocenters. The van der Waals surface area contributed by atoms with E-state index in [9.17, 15) is 14.0 Å². The molecule has 26 heavy (non-hydrogen) atoms. The van der Waals surface area contributed by atoms with Crippen LogP contribution in [0.3, 0.4) is 0 Å². The Balaban J connectivity index is 2.23. The van der Waals surface area contributed by atoms with Crippen molar-refractivity contribution >= 4 is 45.0 Å².